The summed E-state index contributed by atoms with van der Waals surface area (Å²) in [6.07, 6.45) is 6.54. The van der Waals surface area contributed by atoms with Crippen molar-refractivity contribution in [3.63, 3.8) is 0 Å². The molecule has 1 aliphatic heterocycles. The molecule has 33 heavy (non-hydrogen) atoms. The first kappa shape index (κ1) is 21.8. The highest BCUT2D eigenvalue weighted by atomic mass is 32.2. The van der Waals surface area contributed by atoms with Gasteiger partial charge < -0.3 is 4.74 Å². The van der Waals surface area contributed by atoms with Gasteiger partial charge in [-0.1, -0.05) is 68.3 Å². The summed E-state index contributed by atoms with van der Waals surface area (Å²) in [7, 11) is 1.67. The zero-order valence-corrected chi connectivity index (χ0v) is 19.8. The van der Waals surface area contributed by atoms with Crippen molar-refractivity contribution in [3.05, 3.63) is 77.2 Å². The molecule has 5 heteroatoms. The van der Waals surface area contributed by atoms with E-state index in [0.717, 1.165) is 52.2 Å². The smallest absolute Gasteiger partial charge is 0.267 e. The van der Waals surface area contributed by atoms with Gasteiger partial charge in [0.25, 0.3) is 5.91 Å². The normalized spacial score (nSPS) is 23.6. The molecule has 168 valence electrons. The van der Waals surface area contributed by atoms with Gasteiger partial charge in [0, 0.05) is 11.6 Å². The molecule has 0 N–H and O–H groups in total. The topological polar surface area (TPSA) is 41.9 Å². The summed E-state index contributed by atoms with van der Waals surface area (Å²) in [6, 6.07) is 22.3. The number of carbonyl (C=O) groups is 1. The molecule has 0 bridgehead atoms. The monoisotopic (exact) mass is 456 g/mol. The van der Waals surface area contributed by atoms with Crippen LogP contribution < -0.4 is 4.74 Å². The largest absolute Gasteiger partial charge is 0.496 e. The second-order valence-electron chi connectivity index (χ2n) is 8.75. The van der Waals surface area contributed by atoms with E-state index in [1.54, 1.807) is 7.11 Å². The highest BCUT2D eigenvalue weighted by Crippen LogP contribution is 2.41. The maximum Gasteiger partial charge on any atom is 0.267 e. The Balaban J connectivity index is 1.61. The van der Waals surface area contributed by atoms with Crippen LogP contribution in [-0.2, 0) is 4.79 Å². The molecule has 0 unspecified atom stereocenters. The fraction of sp³-hybridized carbons (Fsp3) is 0.286. The number of hydrogen-bond acceptors (Lipinski definition) is 4. The second kappa shape index (κ2) is 9.44. The number of amidine groups is 1. The Morgan fingerprint density at radius 1 is 1.00 bits per heavy atom. The Labute approximate surface area is 199 Å². The van der Waals surface area contributed by atoms with E-state index in [2.05, 4.69) is 25.1 Å². The van der Waals surface area contributed by atoms with Crippen LogP contribution >= 0.6 is 11.8 Å². The SMILES string of the molecule is COc1ccc2ccccc2c1/C=C1\SC(=Nc2ccccc2)N([C@@H]2CCCC[C@@H]2C)C1=O. The number of methoxy groups -OCH3 is 1. The number of para-hydroxylation sites is 1. The molecule has 0 aromatic heterocycles. The first-order valence-electron chi connectivity index (χ1n) is 11.6. The molecule has 2 atom stereocenters. The van der Waals surface area contributed by atoms with Gasteiger partial charge in [0.2, 0.25) is 0 Å². The van der Waals surface area contributed by atoms with Crippen LogP contribution in [0.1, 0.15) is 38.2 Å². The number of aliphatic imine (C=N–C) groups is 1. The van der Waals surface area contributed by atoms with Crippen molar-refractivity contribution in [1.82, 2.24) is 4.90 Å². The van der Waals surface area contributed by atoms with Crippen LogP contribution in [0, 0.1) is 5.92 Å². The van der Waals surface area contributed by atoms with Gasteiger partial charge in [-0.2, -0.15) is 0 Å². The minimum atomic E-state index is 0.0448. The van der Waals surface area contributed by atoms with Gasteiger partial charge in [0.1, 0.15) is 5.75 Å². The number of rotatable bonds is 4. The number of thioether (sulfide) groups is 1. The third-order valence-corrected chi connectivity index (χ3v) is 7.62. The quantitative estimate of drug-likeness (QED) is 0.396. The standard InChI is InChI=1S/C28H28N2O2S/c1-19-10-6-9-15-24(19)30-27(31)26(33-28(30)29-21-12-4-3-5-13-21)18-23-22-14-8-7-11-20(22)16-17-25(23)32-2/h3-5,7-8,11-14,16-19,24H,6,9-10,15H2,1-2H3/b26-18-,29-28?/t19-,24+/m0/s1. The fourth-order valence-corrected chi connectivity index (χ4v) is 5.91. The van der Waals surface area contributed by atoms with Crippen LogP contribution in [0.2, 0.25) is 0 Å². The van der Waals surface area contributed by atoms with Gasteiger partial charge in [-0.05, 0) is 65.6 Å². The van der Waals surface area contributed by atoms with Gasteiger partial charge in [-0.15, -0.1) is 0 Å². The summed E-state index contributed by atoms with van der Waals surface area (Å²) in [5, 5.41) is 2.97. The van der Waals surface area contributed by atoms with Gasteiger partial charge in [0.15, 0.2) is 5.17 Å². The maximum absolute atomic E-state index is 13.8. The van der Waals surface area contributed by atoms with E-state index >= 15 is 0 Å². The van der Waals surface area contributed by atoms with Crippen molar-refractivity contribution in [2.24, 2.45) is 10.9 Å². The van der Waals surface area contributed by atoms with Crippen LogP contribution in [-0.4, -0.2) is 29.1 Å². The van der Waals surface area contributed by atoms with Crippen molar-refractivity contribution in [1.29, 1.82) is 0 Å². The molecule has 4 nitrogen and oxygen atoms in total. The lowest BCUT2D eigenvalue weighted by Gasteiger charge is -2.35. The summed E-state index contributed by atoms with van der Waals surface area (Å²) in [5.74, 6) is 1.26. The van der Waals surface area contributed by atoms with Gasteiger partial charge >= 0.3 is 0 Å². The zero-order chi connectivity index (χ0) is 22.8. The van der Waals surface area contributed by atoms with Crippen molar-refractivity contribution in [3.8, 4) is 5.75 Å². The number of hydrogen-bond donors (Lipinski definition) is 0. The average molecular weight is 457 g/mol. The molecule has 5 rings (SSSR count). The van der Waals surface area contributed by atoms with Crippen molar-refractivity contribution < 1.29 is 9.53 Å². The van der Waals surface area contributed by atoms with Crippen LogP contribution in [0.5, 0.6) is 5.75 Å². The molecular formula is C28H28N2O2S. The predicted octanol–water partition coefficient (Wildman–Crippen LogP) is 7.03. The van der Waals surface area contributed by atoms with Crippen LogP contribution in [0.3, 0.4) is 0 Å². The van der Waals surface area contributed by atoms with E-state index in [1.165, 1.54) is 18.2 Å². The van der Waals surface area contributed by atoms with E-state index in [4.69, 9.17) is 9.73 Å². The Hall–Kier alpha value is -3.05. The lowest BCUT2D eigenvalue weighted by atomic mass is 9.85. The fourth-order valence-electron chi connectivity index (χ4n) is 4.88. The number of nitrogens with zero attached hydrogens (tertiary/aromatic N) is 2. The minimum absolute atomic E-state index is 0.0448. The molecule has 1 heterocycles. The second-order valence-corrected chi connectivity index (χ2v) is 9.76. The highest BCUT2D eigenvalue weighted by Gasteiger charge is 2.41. The number of fused-ring (bicyclic) bond motifs is 1. The zero-order valence-electron chi connectivity index (χ0n) is 19.0. The molecule has 2 fully saturated rings. The molecule has 1 amide bonds. The minimum Gasteiger partial charge on any atom is -0.496 e. The van der Waals surface area contributed by atoms with Gasteiger partial charge in [0.05, 0.1) is 17.7 Å². The van der Waals surface area contributed by atoms with E-state index in [9.17, 15) is 4.79 Å². The van der Waals surface area contributed by atoms with Crippen molar-refractivity contribution in [2.75, 3.05) is 7.11 Å². The van der Waals surface area contributed by atoms with Crippen molar-refractivity contribution >= 4 is 45.4 Å². The molecule has 2 aliphatic rings. The van der Waals surface area contributed by atoms with Crippen LogP contribution in [0.25, 0.3) is 16.8 Å². The Kier molecular flexibility index (Phi) is 6.23. The third kappa shape index (κ3) is 4.30. The van der Waals surface area contributed by atoms with Crippen LogP contribution in [0.4, 0.5) is 5.69 Å². The van der Waals surface area contributed by atoms with E-state index in [0.29, 0.717) is 10.8 Å². The predicted molar refractivity (Wildman–Crippen MR) is 138 cm³/mol. The molecule has 3 aromatic rings. The van der Waals surface area contributed by atoms with Gasteiger partial charge in [-0.3, -0.25) is 9.69 Å². The number of carbonyl (C=O) groups excluding carboxylic acids is 1. The molecular weight excluding hydrogens is 428 g/mol. The van der Waals surface area contributed by atoms with E-state index < -0.39 is 0 Å². The maximum atomic E-state index is 13.8. The van der Waals surface area contributed by atoms with Gasteiger partial charge in [-0.25, -0.2) is 4.99 Å². The molecule has 1 aliphatic carbocycles. The summed E-state index contributed by atoms with van der Waals surface area (Å²) in [6.45, 7) is 2.26. The Morgan fingerprint density at radius 2 is 1.76 bits per heavy atom. The number of benzene rings is 3. The molecule has 1 saturated heterocycles. The van der Waals surface area contributed by atoms with E-state index in [1.807, 2.05) is 59.5 Å². The molecule has 1 saturated carbocycles. The lowest BCUT2D eigenvalue weighted by Crippen LogP contribution is -2.44. The summed E-state index contributed by atoms with van der Waals surface area (Å²) in [5.41, 5.74) is 1.80. The third-order valence-electron chi connectivity index (χ3n) is 6.64. The number of ether oxygens (including phenoxy) is 1. The summed E-state index contributed by atoms with van der Waals surface area (Å²) >= 11 is 1.47. The Morgan fingerprint density at radius 3 is 2.55 bits per heavy atom. The first-order valence-corrected chi connectivity index (χ1v) is 12.4. The highest BCUT2D eigenvalue weighted by molar-refractivity contribution is 8.18. The molecule has 3 aromatic carbocycles. The number of amides is 1. The lowest BCUT2D eigenvalue weighted by molar-refractivity contribution is -0.124. The summed E-state index contributed by atoms with van der Waals surface area (Å²) in [4.78, 5) is 21.4. The van der Waals surface area contributed by atoms with E-state index in [-0.39, 0.29) is 11.9 Å². The van der Waals surface area contributed by atoms with Crippen molar-refractivity contribution in [2.45, 2.75) is 38.6 Å². The first-order chi connectivity index (χ1) is 16.2. The molecule has 0 radical (unpaired) electrons. The Bertz CT molecular complexity index is 1240. The van der Waals surface area contributed by atoms with Crippen LogP contribution in [0.15, 0.2) is 76.6 Å². The molecule has 0 spiro atoms. The summed E-state index contributed by atoms with van der Waals surface area (Å²) < 4.78 is 5.67. The average Bonchev–Trinajstić information content (AvgIpc) is 3.14.